The van der Waals surface area contributed by atoms with E-state index in [4.69, 9.17) is 4.74 Å². The van der Waals surface area contributed by atoms with Crippen LogP contribution in [0.25, 0.3) is 0 Å². The predicted octanol–water partition coefficient (Wildman–Crippen LogP) is 1.78. The van der Waals surface area contributed by atoms with Crippen molar-refractivity contribution in [1.29, 1.82) is 0 Å². The molecular formula is C10H13NO2S. The number of thioether (sulfide) groups is 1. The maximum atomic E-state index is 11.5. The van der Waals surface area contributed by atoms with E-state index in [-0.39, 0.29) is 5.91 Å². The molecule has 1 rings (SSSR count). The molecule has 0 fully saturated rings. The Labute approximate surface area is 87.8 Å². The summed E-state index contributed by atoms with van der Waals surface area (Å²) >= 11 is 1.50. The fourth-order valence-electron chi connectivity index (χ4n) is 1.20. The number of carbonyl (C=O) groups is 1. The highest BCUT2D eigenvalue weighted by Crippen LogP contribution is 2.30. The van der Waals surface area contributed by atoms with E-state index >= 15 is 0 Å². The van der Waals surface area contributed by atoms with Crippen LogP contribution in [0.5, 0.6) is 5.75 Å². The summed E-state index contributed by atoms with van der Waals surface area (Å²) in [5, 5.41) is 2.60. The molecule has 0 atom stereocenters. The minimum atomic E-state index is -0.0896. The molecule has 4 heteroatoms. The third-order valence-corrected chi connectivity index (χ3v) is 2.70. The van der Waals surface area contributed by atoms with Gasteiger partial charge < -0.3 is 10.1 Å². The average molecular weight is 211 g/mol. The molecule has 0 aliphatic carbocycles. The summed E-state index contributed by atoms with van der Waals surface area (Å²) in [4.78, 5) is 12.4. The number of hydrogen-bond donors (Lipinski definition) is 1. The number of amides is 1. The van der Waals surface area contributed by atoms with Gasteiger partial charge in [0.2, 0.25) is 0 Å². The van der Waals surface area contributed by atoms with Crippen molar-refractivity contribution in [2.45, 2.75) is 4.90 Å². The summed E-state index contributed by atoms with van der Waals surface area (Å²) in [6, 6.07) is 5.44. The number of nitrogens with one attached hydrogen (secondary N) is 1. The predicted molar refractivity (Wildman–Crippen MR) is 58.2 cm³/mol. The molecule has 76 valence electrons. The average Bonchev–Trinajstić information content (AvgIpc) is 2.26. The lowest BCUT2D eigenvalue weighted by Crippen LogP contribution is -2.18. The van der Waals surface area contributed by atoms with Crippen molar-refractivity contribution in [3.8, 4) is 5.75 Å². The maximum absolute atomic E-state index is 11.5. The standard InChI is InChI=1S/C10H13NO2S/c1-11-10(12)7-5-4-6-8(13-2)9(7)14-3/h4-6H,1-3H3,(H,11,12). The molecule has 0 unspecified atom stereocenters. The van der Waals surface area contributed by atoms with Crippen LogP contribution in [-0.4, -0.2) is 26.3 Å². The number of hydrogen-bond acceptors (Lipinski definition) is 3. The molecule has 3 nitrogen and oxygen atoms in total. The second-order valence-electron chi connectivity index (χ2n) is 2.62. The number of methoxy groups -OCH3 is 1. The number of benzene rings is 1. The van der Waals surface area contributed by atoms with E-state index in [1.165, 1.54) is 11.8 Å². The lowest BCUT2D eigenvalue weighted by Gasteiger charge is -2.10. The Hall–Kier alpha value is -1.16. The smallest absolute Gasteiger partial charge is 0.252 e. The minimum absolute atomic E-state index is 0.0896. The molecule has 0 saturated carbocycles. The van der Waals surface area contributed by atoms with Gasteiger partial charge in [-0.3, -0.25) is 4.79 Å². The zero-order valence-electron chi connectivity index (χ0n) is 8.46. The molecule has 0 bridgehead atoms. The zero-order valence-corrected chi connectivity index (χ0v) is 9.27. The molecule has 14 heavy (non-hydrogen) atoms. The Morgan fingerprint density at radius 1 is 1.50 bits per heavy atom. The minimum Gasteiger partial charge on any atom is -0.496 e. The van der Waals surface area contributed by atoms with Crippen LogP contribution in [0.3, 0.4) is 0 Å². The molecule has 1 N–H and O–H groups in total. The molecule has 0 heterocycles. The van der Waals surface area contributed by atoms with E-state index in [0.717, 1.165) is 10.6 Å². The van der Waals surface area contributed by atoms with Crippen LogP contribution in [0.15, 0.2) is 23.1 Å². The van der Waals surface area contributed by atoms with E-state index in [2.05, 4.69) is 5.32 Å². The van der Waals surface area contributed by atoms with Crippen LogP contribution in [0, 0.1) is 0 Å². The quantitative estimate of drug-likeness (QED) is 0.774. The van der Waals surface area contributed by atoms with E-state index in [1.54, 1.807) is 20.2 Å². The summed E-state index contributed by atoms with van der Waals surface area (Å²) in [5.41, 5.74) is 0.652. The lowest BCUT2D eigenvalue weighted by molar-refractivity contribution is 0.0959. The molecule has 1 aromatic rings. The molecule has 0 spiro atoms. The van der Waals surface area contributed by atoms with E-state index < -0.39 is 0 Å². The van der Waals surface area contributed by atoms with Crippen molar-refractivity contribution in [2.24, 2.45) is 0 Å². The van der Waals surface area contributed by atoms with Crippen LogP contribution in [-0.2, 0) is 0 Å². The first-order valence-electron chi connectivity index (χ1n) is 4.17. The molecule has 1 amide bonds. The SMILES string of the molecule is CNC(=O)c1cccc(OC)c1SC. The lowest BCUT2D eigenvalue weighted by atomic mass is 10.2. The van der Waals surface area contributed by atoms with E-state index in [1.807, 2.05) is 18.4 Å². The van der Waals surface area contributed by atoms with Crippen LogP contribution in [0.1, 0.15) is 10.4 Å². The fourth-order valence-corrected chi connectivity index (χ4v) is 1.93. The Kier molecular flexibility index (Phi) is 3.83. The fraction of sp³-hybridized carbons (Fsp3) is 0.300. The number of rotatable bonds is 3. The topological polar surface area (TPSA) is 38.3 Å². The van der Waals surface area contributed by atoms with Gasteiger partial charge in [-0.1, -0.05) is 6.07 Å². The van der Waals surface area contributed by atoms with Crippen molar-refractivity contribution < 1.29 is 9.53 Å². The van der Waals surface area contributed by atoms with Gasteiger partial charge in [0.25, 0.3) is 5.91 Å². The second kappa shape index (κ2) is 4.91. The first-order valence-corrected chi connectivity index (χ1v) is 5.40. The van der Waals surface area contributed by atoms with Crippen LogP contribution < -0.4 is 10.1 Å². The number of ether oxygens (including phenoxy) is 1. The van der Waals surface area contributed by atoms with Gasteiger partial charge in [-0.05, 0) is 18.4 Å². The highest BCUT2D eigenvalue weighted by atomic mass is 32.2. The zero-order chi connectivity index (χ0) is 10.6. The molecule has 0 saturated heterocycles. The molecular weight excluding hydrogens is 198 g/mol. The largest absolute Gasteiger partial charge is 0.496 e. The summed E-state index contributed by atoms with van der Waals surface area (Å²) in [5.74, 6) is 0.645. The van der Waals surface area contributed by atoms with Crippen molar-refractivity contribution in [2.75, 3.05) is 20.4 Å². The highest BCUT2D eigenvalue weighted by molar-refractivity contribution is 7.98. The van der Waals surface area contributed by atoms with Crippen LogP contribution in [0.2, 0.25) is 0 Å². The molecule has 0 aliphatic heterocycles. The normalized spacial score (nSPS) is 9.64. The molecule has 0 aliphatic rings. The van der Waals surface area contributed by atoms with Gasteiger partial charge in [-0.2, -0.15) is 0 Å². The van der Waals surface area contributed by atoms with Gasteiger partial charge in [0.15, 0.2) is 0 Å². The monoisotopic (exact) mass is 211 g/mol. The first kappa shape index (κ1) is 10.9. The number of carbonyl (C=O) groups excluding carboxylic acids is 1. The molecule has 0 aromatic heterocycles. The summed E-state index contributed by atoms with van der Waals surface area (Å²) in [7, 11) is 3.22. The van der Waals surface area contributed by atoms with Gasteiger partial charge in [0, 0.05) is 7.05 Å². The molecule has 1 aromatic carbocycles. The first-order chi connectivity index (χ1) is 6.74. The highest BCUT2D eigenvalue weighted by Gasteiger charge is 2.12. The molecule has 0 radical (unpaired) electrons. The Morgan fingerprint density at radius 3 is 2.71 bits per heavy atom. The second-order valence-corrected chi connectivity index (χ2v) is 3.44. The third-order valence-electron chi connectivity index (χ3n) is 1.87. The van der Waals surface area contributed by atoms with Crippen LogP contribution >= 0.6 is 11.8 Å². The van der Waals surface area contributed by atoms with Gasteiger partial charge in [0.05, 0.1) is 17.6 Å². The third kappa shape index (κ3) is 2.01. The summed E-state index contributed by atoms with van der Waals surface area (Å²) in [6.07, 6.45) is 1.92. The summed E-state index contributed by atoms with van der Waals surface area (Å²) < 4.78 is 5.17. The van der Waals surface area contributed by atoms with Crippen molar-refractivity contribution in [3.05, 3.63) is 23.8 Å². The Morgan fingerprint density at radius 2 is 2.21 bits per heavy atom. The van der Waals surface area contributed by atoms with Gasteiger partial charge in [-0.25, -0.2) is 0 Å². The van der Waals surface area contributed by atoms with Crippen LogP contribution in [0.4, 0.5) is 0 Å². The van der Waals surface area contributed by atoms with Crippen molar-refractivity contribution in [1.82, 2.24) is 5.32 Å². The van der Waals surface area contributed by atoms with Gasteiger partial charge in [0.1, 0.15) is 5.75 Å². The van der Waals surface area contributed by atoms with Gasteiger partial charge in [-0.15, -0.1) is 11.8 Å². The summed E-state index contributed by atoms with van der Waals surface area (Å²) in [6.45, 7) is 0. The van der Waals surface area contributed by atoms with Gasteiger partial charge >= 0.3 is 0 Å². The van der Waals surface area contributed by atoms with E-state index in [9.17, 15) is 4.79 Å². The Balaban J connectivity index is 3.21. The Bertz CT molecular complexity index is 339. The maximum Gasteiger partial charge on any atom is 0.252 e. The van der Waals surface area contributed by atoms with Crippen molar-refractivity contribution in [3.63, 3.8) is 0 Å². The van der Waals surface area contributed by atoms with E-state index in [0.29, 0.717) is 5.56 Å². The van der Waals surface area contributed by atoms with Crippen molar-refractivity contribution >= 4 is 17.7 Å².